The second-order valence-electron chi connectivity index (χ2n) is 7.08. The smallest absolute Gasteiger partial charge is 0.322 e. The molecule has 0 unspecified atom stereocenters. The van der Waals surface area contributed by atoms with Crippen LogP contribution in [0, 0.1) is 12.7 Å². The van der Waals surface area contributed by atoms with E-state index in [0.717, 1.165) is 22.0 Å². The Morgan fingerprint density at radius 2 is 2.17 bits per heavy atom. The fraction of sp³-hybridized carbons (Fsp3) is 0.286. The van der Waals surface area contributed by atoms with Crippen LogP contribution in [0.3, 0.4) is 0 Å². The minimum atomic E-state index is -0.546. The van der Waals surface area contributed by atoms with Crippen molar-refractivity contribution in [2.45, 2.75) is 32.4 Å². The van der Waals surface area contributed by atoms with Crippen LogP contribution in [0.15, 0.2) is 41.1 Å². The summed E-state index contributed by atoms with van der Waals surface area (Å²) in [7, 11) is 0. The van der Waals surface area contributed by atoms with Crippen LogP contribution in [0.5, 0.6) is 0 Å². The minimum Gasteiger partial charge on any atom is -0.349 e. The van der Waals surface area contributed by atoms with Gasteiger partial charge in [0.2, 0.25) is 5.91 Å². The van der Waals surface area contributed by atoms with Crippen LogP contribution in [0.1, 0.15) is 24.1 Å². The molecule has 0 aliphatic carbocycles. The molecule has 1 aliphatic heterocycles. The maximum atomic E-state index is 13.7. The maximum absolute atomic E-state index is 13.7. The molecular formula is C21H21FN4O2S2. The van der Waals surface area contributed by atoms with Crippen molar-refractivity contribution in [1.29, 1.82) is 0 Å². The van der Waals surface area contributed by atoms with Crippen LogP contribution in [-0.4, -0.2) is 34.4 Å². The number of thiazole rings is 1. The van der Waals surface area contributed by atoms with E-state index in [4.69, 9.17) is 0 Å². The number of carbonyl (C=O) groups is 2. The molecule has 30 heavy (non-hydrogen) atoms. The van der Waals surface area contributed by atoms with Crippen molar-refractivity contribution in [2.75, 3.05) is 11.9 Å². The van der Waals surface area contributed by atoms with E-state index >= 15 is 0 Å². The third kappa shape index (κ3) is 4.52. The number of rotatable bonds is 5. The second-order valence-corrected chi connectivity index (χ2v) is 8.89. The first-order valence-electron chi connectivity index (χ1n) is 9.61. The number of nitrogens with one attached hydrogen (secondary N) is 2. The Bertz CT molecular complexity index is 1050. The largest absolute Gasteiger partial charge is 0.349 e. The number of hydrogen-bond acceptors (Lipinski definition) is 5. The van der Waals surface area contributed by atoms with E-state index in [1.165, 1.54) is 11.0 Å². The molecule has 2 aromatic heterocycles. The molecular weight excluding hydrogens is 423 g/mol. The van der Waals surface area contributed by atoms with Crippen LogP contribution in [-0.2, 0) is 11.3 Å². The summed E-state index contributed by atoms with van der Waals surface area (Å²) in [4.78, 5) is 32.5. The van der Waals surface area contributed by atoms with Gasteiger partial charge in [0.15, 0.2) is 0 Å². The van der Waals surface area contributed by atoms with Crippen molar-refractivity contribution >= 4 is 40.3 Å². The number of carbonyl (C=O) groups excluding carboxylic acids is 2. The normalized spacial score (nSPS) is 15.9. The lowest BCUT2D eigenvalue weighted by Gasteiger charge is -2.24. The second kappa shape index (κ2) is 8.93. The first kappa shape index (κ1) is 20.5. The highest BCUT2D eigenvalue weighted by Gasteiger charge is 2.34. The highest BCUT2D eigenvalue weighted by molar-refractivity contribution is 7.20. The van der Waals surface area contributed by atoms with Gasteiger partial charge in [-0.2, -0.15) is 0 Å². The number of halogens is 1. The summed E-state index contributed by atoms with van der Waals surface area (Å²) in [6.07, 6.45) is 1.34. The Balaban J connectivity index is 1.35. The Morgan fingerprint density at radius 1 is 1.30 bits per heavy atom. The van der Waals surface area contributed by atoms with Crippen molar-refractivity contribution in [2.24, 2.45) is 0 Å². The molecule has 1 saturated heterocycles. The van der Waals surface area contributed by atoms with E-state index < -0.39 is 12.1 Å². The third-order valence-electron chi connectivity index (χ3n) is 4.97. The van der Waals surface area contributed by atoms with Gasteiger partial charge in [-0.25, -0.2) is 14.2 Å². The first-order chi connectivity index (χ1) is 14.5. The van der Waals surface area contributed by atoms with E-state index in [2.05, 4.69) is 15.6 Å². The summed E-state index contributed by atoms with van der Waals surface area (Å²) in [5.74, 6) is -0.586. The monoisotopic (exact) mass is 444 g/mol. The van der Waals surface area contributed by atoms with Gasteiger partial charge in [-0.1, -0.05) is 12.1 Å². The molecule has 4 rings (SSSR count). The lowest BCUT2D eigenvalue weighted by molar-refractivity contribution is -0.124. The number of aryl methyl sites for hydroxylation is 1. The molecule has 0 saturated carbocycles. The summed E-state index contributed by atoms with van der Waals surface area (Å²) in [6, 6.07) is 7.59. The fourth-order valence-electron chi connectivity index (χ4n) is 3.35. The Morgan fingerprint density at radius 3 is 2.93 bits per heavy atom. The number of aromatic nitrogens is 1. The van der Waals surface area contributed by atoms with Crippen LogP contribution in [0.2, 0.25) is 0 Å². The molecule has 1 fully saturated rings. The van der Waals surface area contributed by atoms with Crippen molar-refractivity contribution in [1.82, 2.24) is 15.2 Å². The molecule has 6 nitrogen and oxygen atoms in total. The SMILES string of the molecule is Cc1ccc(NC(=O)N2CCC[C@@H]2C(=O)NCc2csc(-c3cccs3)n2)cc1F. The molecule has 1 aromatic carbocycles. The summed E-state index contributed by atoms with van der Waals surface area (Å²) in [5.41, 5.74) is 1.68. The predicted octanol–water partition coefficient (Wildman–Crippen LogP) is 4.63. The maximum Gasteiger partial charge on any atom is 0.322 e. The Hall–Kier alpha value is -2.78. The van der Waals surface area contributed by atoms with Gasteiger partial charge in [0.1, 0.15) is 16.9 Å². The molecule has 0 bridgehead atoms. The zero-order valence-corrected chi connectivity index (χ0v) is 18.0. The average molecular weight is 445 g/mol. The van der Waals surface area contributed by atoms with E-state index in [-0.39, 0.29) is 11.7 Å². The topological polar surface area (TPSA) is 74.3 Å². The lowest BCUT2D eigenvalue weighted by Crippen LogP contribution is -2.47. The number of likely N-dealkylation sites (tertiary alicyclic amines) is 1. The highest BCUT2D eigenvalue weighted by Crippen LogP contribution is 2.28. The van der Waals surface area contributed by atoms with Crippen molar-refractivity contribution in [3.63, 3.8) is 0 Å². The average Bonchev–Trinajstić information content (AvgIpc) is 3.49. The van der Waals surface area contributed by atoms with Crippen molar-refractivity contribution in [3.8, 4) is 9.88 Å². The minimum absolute atomic E-state index is 0.205. The Labute approximate surface area is 181 Å². The summed E-state index contributed by atoms with van der Waals surface area (Å²) < 4.78 is 13.7. The van der Waals surface area contributed by atoms with E-state index in [0.29, 0.717) is 30.8 Å². The number of amides is 3. The van der Waals surface area contributed by atoms with Gasteiger partial charge in [0, 0.05) is 17.6 Å². The summed E-state index contributed by atoms with van der Waals surface area (Å²) in [5, 5.41) is 10.4. The van der Waals surface area contributed by atoms with Gasteiger partial charge in [-0.3, -0.25) is 4.79 Å². The van der Waals surface area contributed by atoms with Gasteiger partial charge in [0.05, 0.1) is 17.1 Å². The van der Waals surface area contributed by atoms with Gasteiger partial charge in [0.25, 0.3) is 0 Å². The van der Waals surface area contributed by atoms with Crippen LogP contribution < -0.4 is 10.6 Å². The van der Waals surface area contributed by atoms with E-state index in [1.807, 2.05) is 22.9 Å². The Kier molecular flexibility index (Phi) is 6.10. The van der Waals surface area contributed by atoms with E-state index in [1.54, 1.807) is 41.7 Å². The number of urea groups is 1. The van der Waals surface area contributed by atoms with Gasteiger partial charge >= 0.3 is 6.03 Å². The molecule has 1 atom stereocenters. The van der Waals surface area contributed by atoms with Gasteiger partial charge < -0.3 is 15.5 Å². The van der Waals surface area contributed by atoms with Gasteiger partial charge in [-0.05, 0) is 48.9 Å². The summed E-state index contributed by atoms with van der Waals surface area (Å²) >= 11 is 3.17. The molecule has 3 amide bonds. The van der Waals surface area contributed by atoms with Crippen LogP contribution in [0.4, 0.5) is 14.9 Å². The number of nitrogens with zero attached hydrogens (tertiary/aromatic N) is 2. The quantitative estimate of drug-likeness (QED) is 0.602. The number of benzene rings is 1. The molecule has 3 aromatic rings. The first-order valence-corrected chi connectivity index (χ1v) is 11.4. The number of thiophene rings is 1. The summed E-state index contributed by atoms with van der Waals surface area (Å²) in [6.45, 7) is 2.46. The molecule has 9 heteroatoms. The highest BCUT2D eigenvalue weighted by atomic mass is 32.1. The molecule has 3 heterocycles. The molecule has 2 N–H and O–H groups in total. The fourth-order valence-corrected chi connectivity index (χ4v) is 4.98. The number of anilines is 1. The molecule has 0 spiro atoms. The predicted molar refractivity (Wildman–Crippen MR) is 117 cm³/mol. The zero-order chi connectivity index (χ0) is 21.1. The van der Waals surface area contributed by atoms with Crippen molar-refractivity contribution in [3.05, 3.63) is 58.2 Å². The van der Waals surface area contributed by atoms with Crippen LogP contribution in [0.25, 0.3) is 9.88 Å². The standard InChI is InChI=1S/C21H21FN4O2S2/c1-13-6-7-14(10-16(13)22)25-21(28)26-8-2-4-17(26)19(27)23-11-15-12-30-20(24-15)18-5-3-9-29-18/h3,5-7,9-10,12,17H,2,4,8,11H2,1H3,(H,23,27)(H,25,28)/t17-/m1/s1. The van der Waals surface area contributed by atoms with Crippen molar-refractivity contribution < 1.29 is 14.0 Å². The zero-order valence-electron chi connectivity index (χ0n) is 16.4. The van der Waals surface area contributed by atoms with Gasteiger partial charge in [-0.15, -0.1) is 22.7 Å². The molecule has 1 aliphatic rings. The molecule has 156 valence electrons. The third-order valence-corrected chi connectivity index (χ3v) is 6.90. The lowest BCUT2D eigenvalue weighted by atomic mass is 10.2. The number of hydrogen-bond donors (Lipinski definition) is 2. The molecule has 0 radical (unpaired) electrons. The van der Waals surface area contributed by atoms with Crippen LogP contribution >= 0.6 is 22.7 Å². The van der Waals surface area contributed by atoms with E-state index in [9.17, 15) is 14.0 Å².